The molecular formula is C12H12ClF2N3O. The summed E-state index contributed by atoms with van der Waals surface area (Å²) in [7, 11) is 3.20. The molecule has 0 spiro atoms. The van der Waals surface area contributed by atoms with Crippen molar-refractivity contribution in [1.29, 1.82) is 0 Å². The number of alkyl halides is 1. The molecule has 19 heavy (non-hydrogen) atoms. The van der Waals surface area contributed by atoms with Crippen molar-refractivity contribution in [3.8, 4) is 0 Å². The molecule has 1 aromatic heterocycles. The average molecular weight is 288 g/mol. The Bertz CT molecular complexity index is 639. The standard InChI is InChI=1S/C12H12ClF2N3O/c1-17(2)11(19)6-18-9-4-7(14)3-8(15)12(9)16-10(18)5-13/h3-4H,5-6H2,1-2H3. The summed E-state index contributed by atoms with van der Waals surface area (Å²) in [6, 6.07) is 1.90. The summed E-state index contributed by atoms with van der Waals surface area (Å²) >= 11 is 5.73. The van der Waals surface area contributed by atoms with Crippen molar-refractivity contribution in [2.75, 3.05) is 14.1 Å². The van der Waals surface area contributed by atoms with E-state index in [-0.39, 0.29) is 29.4 Å². The third-order valence-electron chi connectivity index (χ3n) is 2.76. The Balaban J connectivity index is 2.60. The first-order valence-corrected chi connectivity index (χ1v) is 6.07. The summed E-state index contributed by atoms with van der Waals surface area (Å²) in [5.41, 5.74) is 0.243. The van der Waals surface area contributed by atoms with Crippen molar-refractivity contribution < 1.29 is 13.6 Å². The van der Waals surface area contributed by atoms with Crippen LogP contribution in [-0.2, 0) is 17.2 Å². The molecule has 0 bridgehead atoms. The second kappa shape index (κ2) is 5.13. The van der Waals surface area contributed by atoms with Crippen LogP contribution in [0, 0.1) is 11.6 Å². The zero-order chi connectivity index (χ0) is 14.2. The Morgan fingerprint density at radius 1 is 1.42 bits per heavy atom. The van der Waals surface area contributed by atoms with Crippen LogP contribution in [-0.4, -0.2) is 34.5 Å². The molecule has 7 heteroatoms. The van der Waals surface area contributed by atoms with E-state index in [4.69, 9.17) is 11.6 Å². The second-order valence-corrected chi connectivity index (χ2v) is 4.56. The maximum atomic E-state index is 13.6. The van der Waals surface area contributed by atoms with Crippen LogP contribution in [0.3, 0.4) is 0 Å². The molecule has 0 aliphatic carbocycles. The summed E-state index contributed by atoms with van der Waals surface area (Å²) in [5.74, 6) is -1.36. The number of hydrogen-bond donors (Lipinski definition) is 0. The van der Waals surface area contributed by atoms with E-state index in [1.165, 1.54) is 9.47 Å². The van der Waals surface area contributed by atoms with Crippen molar-refractivity contribution in [3.63, 3.8) is 0 Å². The van der Waals surface area contributed by atoms with Gasteiger partial charge in [-0.05, 0) is 6.07 Å². The first kappa shape index (κ1) is 13.7. The first-order chi connectivity index (χ1) is 8.93. The number of carbonyl (C=O) groups is 1. The molecule has 0 radical (unpaired) electrons. The Hall–Kier alpha value is -1.69. The number of fused-ring (bicyclic) bond motifs is 1. The van der Waals surface area contributed by atoms with Gasteiger partial charge in [0.15, 0.2) is 5.82 Å². The Kier molecular flexibility index (Phi) is 3.71. The van der Waals surface area contributed by atoms with E-state index in [9.17, 15) is 13.6 Å². The lowest BCUT2D eigenvalue weighted by molar-refractivity contribution is -0.129. The van der Waals surface area contributed by atoms with Gasteiger partial charge >= 0.3 is 0 Å². The number of benzene rings is 1. The first-order valence-electron chi connectivity index (χ1n) is 5.54. The van der Waals surface area contributed by atoms with E-state index in [2.05, 4.69) is 4.98 Å². The zero-order valence-electron chi connectivity index (χ0n) is 10.5. The Labute approximate surface area is 113 Å². The molecule has 0 saturated heterocycles. The minimum absolute atomic E-state index is 0.0104. The number of aromatic nitrogens is 2. The predicted octanol–water partition coefficient (Wildman–Crippen LogP) is 2.14. The fourth-order valence-electron chi connectivity index (χ4n) is 1.75. The summed E-state index contributed by atoms with van der Waals surface area (Å²) < 4.78 is 28.3. The minimum atomic E-state index is -0.766. The van der Waals surface area contributed by atoms with Crippen molar-refractivity contribution in [1.82, 2.24) is 14.5 Å². The van der Waals surface area contributed by atoms with Gasteiger partial charge in [-0.2, -0.15) is 0 Å². The quantitative estimate of drug-likeness (QED) is 0.811. The van der Waals surface area contributed by atoms with Crippen LogP contribution in [0.1, 0.15) is 5.82 Å². The van der Waals surface area contributed by atoms with Gasteiger partial charge in [0.05, 0.1) is 11.4 Å². The third kappa shape index (κ3) is 2.53. The van der Waals surface area contributed by atoms with E-state index in [1.807, 2.05) is 0 Å². The lowest BCUT2D eigenvalue weighted by Gasteiger charge is -2.12. The van der Waals surface area contributed by atoms with E-state index in [0.29, 0.717) is 5.82 Å². The number of imidazole rings is 1. The predicted molar refractivity (Wildman–Crippen MR) is 67.9 cm³/mol. The fraction of sp³-hybridized carbons (Fsp3) is 0.333. The largest absolute Gasteiger partial charge is 0.347 e. The molecule has 1 aromatic carbocycles. The van der Waals surface area contributed by atoms with Gasteiger partial charge in [-0.15, -0.1) is 11.6 Å². The summed E-state index contributed by atoms with van der Waals surface area (Å²) in [6.07, 6.45) is 0. The Morgan fingerprint density at radius 3 is 2.68 bits per heavy atom. The Morgan fingerprint density at radius 2 is 2.11 bits per heavy atom. The number of rotatable bonds is 3. The molecule has 102 valence electrons. The van der Waals surface area contributed by atoms with Crippen molar-refractivity contribution in [3.05, 3.63) is 29.6 Å². The molecule has 0 fully saturated rings. The molecular weight excluding hydrogens is 276 g/mol. The van der Waals surface area contributed by atoms with Gasteiger partial charge in [0, 0.05) is 20.2 Å². The van der Waals surface area contributed by atoms with Gasteiger partial charge < -0.3 is 9.47 Å². The fourth-order valence-corrected chi connectivity index (χ4v) is 1.96. The van der Waals surface area contributed by atoms with Gasteiger partial charge in [0.25, 0.3) is 0 Å². The SMILES string of the molecule is CN(C)C(=O)Cn1c(CCl)nc2c(F)cc(F)cc21. The normalized spacial score (nSPS) is 11.0. The van der Waals surface area contributed by atoms with E-state index in [1.54, 1.807) is 14.1 Å². The maximum Gasteiger partial charge on any atom is 0.242 e. The number of amides is 1. The lowest BCUT2D eigenvalue weighted by Crippen LogP contribution is -2.26. The number of nitrogens with zero attached hydrogens (tertiary/aromatic N) is 3. The number of carbonyl (C=O) groups excluding carboxylic acids is 1. The molecule has 0 saturated carbocycles. The molecule has 4 nitrogen and oxygen atoms in total. The average Bonchev–Trinajstić information content (AvgIpc) is 2.67. The molecule has 2 rings (SSSR count). The number of likely N-dealkylation sites (N-methyl/N-ethyl adjacent to an activating group) is 1. The van der Waals surface area contributed by atoms with Gasteiger partial charge in [-0.3, -0.25) is 4.79 Å². The van der Waals surface area contributed by atoms with Gasteiger partial charge in [0.2, 0.25) is 5.91 Å². The van der Waals surface area contributed by atoms with Gasteiger partial charge in [-0.25, -0.2) is 13.8 Å². The molecule has 0 aliphatic rings. The van der Waals surface area contributed by atoms with Gasteiger partial charge in [-0.1, -0.05) is 0 Å². The van der Waals surface area contributed by atoms with Crippen LogP contribution in [0.2, 0.25) is 0 Å². The second-order valence-electron chi connectivity index (χ2n) is 4.29. The minimum Gasteiger partial charge on any atom is -0.347 e. The summed E-state index contributed by atoms with van der Waals surface area (Å²) in [5, 5.41) is 0. The molecule has 0 N–H and O–H groups in total. The lowest BCUT2D eigenvalue weighted by atomic mass is 10.3. The highest BCUT2D eigenvalue weighted by Crippen LogP contribution is 2.22. The zero-order valence-corrected chi connectivity index (χ0v) is 11.2. The summed E-state index contributed by atoms with van der Waals surface area (Å²) in [4.78, 5) is 17.1. The van der Waals surface area contributed by atoms with Crippen LogP contribution in [0.15, 0.2) is 12.1 Å². The highest BCUT2D eigenvalue weighted by atomic mass is 35.5. The van der Waals surface area contributed by atoms with Crippen molar-refractivity contribution >= 4 is 28.5 Å². The highest BCUT2D eigenvalue weighted by Gasteiger charge is 2.17. The maximum absolute atomic E-state index is 13.6. The van der Waals surface area contributed by atoms with Gasteiger partial charge in [0.1, 0.15) is 23.7 Å². The molecule has 0 aliphatic heterocycles. The van der Waals surface area contributed by atoms with Crippen LogP contribution in [0.5, 0.6) is 0 Å². The molecule has 1 amide bonds. The smallest absolute Gasteiger partial charge is 0.242 e. The monoisotopic (exact) mass is 287 g/mol. The topological polar surface area (TPSA) is 38.1 Å². The number of halogens is 3. The van der Waals surface area contributed by atoms with Crippen molar-refractivity contribution in [2.45, 2.75) is 12.4 Å². The van der Waals surface area contributed by atoms with E-state index < -0.39 is 11.6 Å². The molecule has 2 aromatic rings. The van der Waals surface area contributed by atoms with Crippen LogP contribution in [0.25, 0.3) is 11.0 Å². The molecule has 1 heterocycles. The van der Waals surface area contributed by atoms with Crippen molar-refractivity contribution in [2.24, 2.45) is 0 Å². The van der Waals surface area contributed by atoms with Crippen LogP contribution < -0.4 is 0 Å². The molecule has 0 atom stereocenters. The summed E-state index contributed by atoms with van der Waals surface area (Å²) in [6.45, 7) is -0.0611. The van der Waals surface area contributed by atoms with Crippen LogP contribution >= 0.6 is 11.6 Å². The molecule has 0 unspecified atom stereocenters. The third-order valence-corrected chi connectivity index (χ3v) is 3.00. The van der Waals surface area contributed by atoms with E-state index >= 15 is 0 Å². The van der Waals surface area contributed by atoms with Crippen LogP contribution in [0.4, 0.5) is 8.78 Å². The highest BCUT2D eigenvalue weighted by molar-refractivity contribution is 6.16. The van der Waals surface area contributed by atoms with E-state index in [0.717, 1.165) is 12.1 Å². The number of hydrogen-bond acceptors (Lipinski definition) is 2.